The van der Waals surface area contributed by atoms with E-state index in [0.29, 0.717) is 18.8 Å². The van der Waals surface area contributed by atoms with Crippen molar-refractivity contribution in [1.29, 1.82) is 0 Å². The van der Waals surface area contributed by atoms with Crippen LogP contribution in [0.1, 0.15) is 55.2 Å². The number of alkyl halides is 3. The van der Waals surface area contributed by atoms with E-state index in [1.54, 1.807) is 0 Å². The third-order valence-corrected chi connectivity index (χ3v) is 9.56. The van der Waals surface area contributed by atoms with E-state index in [-0.39, 0.29) is 5.56 Å². The Hall–Kier alpha value is -1.93. The highest BCUT2D eigenvalue weighted by molar-refractivity contribution is 6.53. The van der Waals surface area contributed by atoms with Gasteiger partial charge in [0.15, 0.2) is 20.7 Å². The first kappa shape index (κ1) is 24.7. The van der Waals surface area contributed by atoms with Crippen LogP contribution in [0.25, 0.3) is 0 Å². The lowest BCUT2D eigenvalue weighted by atomic mass is 9.83. The van der Waals surface area contributed by atoms with E-state index in [0.717, 1.165) is 23.2 Å². The fraction of sp³-hybridized carbons (Fsp3) is 0.500. The summed E-state index contributed by atoms with van der Waals surface area (Å²) in [6.45, 7) is 2.22. The molecule has 3 rings (SSSR count). The number of rotatable bonds is 8. The smallest absolute Gasteiger partial charge is 0.423 e. The zero-order chi connectivity index (χ0) is 23.3. The second-order valence-corrected chi connectivity index (χ2v) is 11.8. The van der Waals surface area contributed by atoms with Crippen molar-refractivity contribution in [1.82, 2.24) is 0 Å². The zero-order valence-corrected chi connectivity index (χ0v) is 19.5. The van der Waals surface area contributed by atoms with Gasteiger partial charge in [-0.1, -0.05) is 44.0 Å². The minimum atomic E-state index is -5.15. The SMILES string of the molecule is CC[SiH](OC)C1CCC(c2ccc(CCc3cc(F)c(OC(F)(F)F)c(F)c3)cc2)CC1. The Bertz CT molecular complexity index is 850. The Morgan fingerprint density at radius 2 is 1.47 bits per heavy atom. The van der Waals surface area contributed by atoms with Gasteiger partial charge in [-0.05, 0) is 72.0 Å². The molecular weight excluding hydrogens is 443 g/mol. The predicted molar refractivity (Wildman–Crippen MR) is 116 cm³/mol. The Kier molecular flexibility index (Phi) is 8.33. The standard InChI is InChI=1S/C24H29F5O2Si/c1-3-32(30-2)20-12-10-19(11-13-20)18-8-6-16(7-9-18)4-5-17-14-21(25)23(22(26)15-17)31-24(27,28)29/h6-9,14-15,19-20,32H,3-5,10-13H2,1-2H3. The van der Waals surface area contributed by atoms with E-state index in [1.807, 2.05) is 19.2 Å². The first-order chi connectivity index (χ1) is 15.2. The molecule has 2 aromatic carbocycles. The molecule has 1 fully saturated rings. The minimum Gasteiger partial charge on any atom is -0.423 e. The van der Waals surface area contributed by atoms with Crippen LogP contribution in [-0.4, -0.2) is 22.5 Å². The summed E-state index contributed by atoms with van der Waals surface area (Å²) in [5, 5.41) is 0. The highest BCUT2D eigenvalue weighted by Gasteiger charge is 2.34. The number of hydrogen-bond acceptors (Lipinski definition) is 2. The van der Waals surface area contributed by atoms with Crippen LogP contribution < -0.4 is 4.74 Å². The summed E-state index contributed by atoms with van der Waals surface area (Å²) in [6.07, 6.45) is 0.469. The van der Waals surface area contributed by atoms with Crippen molar-refractivity contribution < 1.29 is 31.1 Å². The molecule has 0 saturated heterocycles. The first-order valence-electron chi connectivity index (χ1n) is 11.1. The van der Waals surface area contributed by atoms with E-state index in [2.05, 4.69) is 23.8 Å². The summed E-state index contributed by atoms with van der Waals surface area (Å²) < 4.78 is 73.7. The van der Waals surface area contributed by atoms with Crippen LogP contribution in [0.15, 0.2) is 36.4 Å². The molecule has 32 heavy (non-hydrogen) atoms. The van der Waals surface area contributed by atoms with E-state index in [1.165, 1.54) is 37.3 Å². The average Bonchev–Trinajstić information content (AvgIpc) is 2.76. The van der Waals surface area contributed by atoms with Crippen LogP contribution in [0.5, 0.6) is 5.75 Å². The van der Waals surface area contributed by atoms with Crippen LogP contribution in [0.3, 0.4) is 0 Å². The van der Waals surface area contributed by atoms with Crippen LogP contribution in [0.4, 0.5) is 22.0 Å². The molecule has 0 heterocycles. The summed E-state index contributed by atoms with van der Waals surface area (Å²) in [5.74, 6) is -3.58. The van der Waals surface area contributed by atoms with E-state index >= 15 is 0 Å². The van der Waals surface area contributed by atoms with Crippen molar-refractivity contribution in [2.75, 3.05) is 7.11 Å². The molecule has 2 aromatic rings. The molecule has 0 aromatic heterocycles. The summed E-state index contributed by atoms with van der Waals surface area (Å²) in [7, 11) is 0.765. The molecule has 1 atom stereocenters. The molecule has 0 aliphatic heterocycles. The number of ether oxygens (including phenoxy) is 1. The van der Waals surface area contributed by atoms with Crippen molar-refractivity contribution >= 4 is 9.04 Å². The molecule has 2 nitrogen and oxygen atoms in total. The molecule has 0 spiro atoms. The highest BCUT2D eigenvalue weighted by atomic mass is 28.3. The maximum Gasteiger partial charge on any atom is 0.573 e. The van der Waals surface area contributed by atoms with Gasteiger partial charge in [0.1, 0.15) is 0 Å². The van der Waals surface area contributed by atoms with Gasteiger partial charge in [-0.2, -0.15) is 0 Å². The zero-order valence-electron chi connectivity index (χ0n) is 18.4. The van der Waals surface area contributed by atoms with Crippen LogP contribution in [0.2, 0.25) is 11.6 Å². The third kappa shape index (κ3) is 6.54. The second kappa shape index (κ2) is 10.8. The van der Waals surface area contributed by atoms with Gasteiger partial charge in [0.2, 0.25) is 5.75 Å². The van der Waals surface area contributed by atoms with Gasteiger partial charge in [-0.15, -0.1) is 13.2 Å². The number of halogens is 5. The van der Waals surface area contributed by atoms with Crippen molar-refractivity contribution in [3.05, 3.63) is 64.7 Å². The second-order valence-electron chi connectivity index (χ2n) is 8.47. The molecule has 0 N–H and O–H groups in total. The quantitative estimate of drug-likeness (QED) is 0.302. The molecule has 0 radical (unpaired) electrons. The summed E-state index contributed by atoms with van der Waals surface area (Å²) >= 11 is 0. The number of aryl methyl sites for hydroxylation is 2. The highest BCUT2D eigenvalue weighted by Crippen LogP contribution is 2.40. The molecule has 1 saturated carbocycles. The summed E-state index contributed by atoms with van der Waals surface area (Å²) in [4.78, 5) is 0. The van der Waals surface area contributed by atoms with Crippen molar-refractivity contribution in [2.24, 2.45) is 0 Å². The maximum absolute atomic E-state index is 13.9. The molecule has 1 unspecified atom stereocenters. The third-order valence-electron chi connectivity index (χ3n) is 6.43. The maximum atomic E-state index is 13.9. The van der Waals surface area contributed by atoms with Crippen LogP contribution in [0, 0.1) is 11.6 Å². The first-order valence-corrected chi connectivity index (χ1v) is 13.0. The van der Waals surface area contributed by atoms with Gasteiger partial charge in [-0.25, -0.2) is 8.78 Å². The largest absolute Gasteiger partial charge is 0.573 e. The topological polar surface area (TPSA) is 18.5 Å². The fourth-order valence-corrected chi connectivity index (χ4v) is 7.25. The Labute approximate surface area is 187 Å². The predicted octanol–water partition coefficient (Wildman–Crippen LogP) is 7.07. The number of hydrogen-bond donors (Lipinski definition) is 0. The van der Waals surface area contributed by atoms with Gasteiger partial charge < -0.3 is 9.16 Å². The summed E-state index contributed by atoms with van der Waals surface area (Å²) in [5.41, 5.74) is 3.36. The monoisotopic (exact) mass is 472 g/mol. The van der Waals surface area contributed by atoms with E-state index in [4.69, 9.17) is 4.43 Å². The molecule has 8 heteroatoms. The van der Waals surface area contributed by atoms with Crippen LogP contribution in [-0.2, 0) is 17.3 Å². The molecular formula is C24H29F5O2Si. The van der Waals surface area contributed by atoms with Gasteiger partial charge in [0.25, 0.3) is 0 Å². The van der Waals surface area contributed by atoms with Gasteiger partial charge in [0.05, 0.1) is 0 Å². The Balaban J connectivity index is 1.55. The Morgan fingerprint density at radius 1 is 0.906 bits per heavy atom. The number of benzene rings is 2. The fourth-order valence-electron chi connectivity index (χ4n) is 4.73. The lowest BCUT2D eigenvalue weighted by Crippen LogP contribution is -2.26. The van der Waals surface area contributed by atoms with Gasteiger partial charge in [0, 0.05) is 7.11 Å². The Morgan fingerprint density at radius 3 is 1.97 bits per heavy atom. The molecule has 176 valence electrons. The minimum absolute atomic E-state index is 0.282. The summed E-state index contributed by atoms with van der Waals surface area (Å²) in [6, 6.07) is 11.2. The molecule has 1 aliphatic rings. The van der Waals surface area contributed by atoms with Gasteiger partial charge >= 0.3 is 6.36 Å². The van der Waals surface area contributed by atoms with E-state index < -0.39 is 32.8 Å². The molecule has 1 aliphatic carbocycles. The normalized spacial score (nSPS) is 20.2. The van der Waals surface area contributed by atoms with E-state index in [9.17, 15) is 22.0 Å². The lowest BCUT2D eigenvalue weighted by Gasteiger charge is -2.32. The molecule has 0 bridgehead atoms. The lowest BCUT2D eigenvalue weighted by molar-refractivity contribution is -0.276. The molecule has 0 amide bonds. The van der Waals surface area contributed by atoms with Gasteiger partial charge in [-0.3, -0.25) is 0 Å². The van der Waals surface area contributed by atoms with Crippen molar-refractivity contribution in [3.63, 3.8) is 0 Å². The average molecular weight is 473 g/mol. The van der Waals surface area contributed by atoms with Crippen LogP contribution >= 0.6 is 0 Å². The van der Waals surface area contributed by atoms with Crippen molar-refractivity contribution in [2.45, 2.75) is 69.3 Å². The van der Waals surface area contributed by atoms with Crippen molar-refractivity contribution in [3.8, 4) is 5.75 Å².